The van der Waals surface area contributed by atoms with Gasteiger partial charge in [-0.2, -0.15) is 0 Å². The lowest BCUT2D eigenvalue weighted by molar-refractivity contribution is -0.118. The molecular formula is C26H27NO2. The van der Waals surface area contributed by atoms with Gasteiger partial charge in [0, 0.05) is 24.5 Å². The molecule has 2 atom stereocenters. The first-order chi connectivity index (χ1) is 14.1. The highest BCUT2D eigenvalue weighted by Crippen LogP contribution is 2.33. The van der Waals surface area contributed by atoms with E-state index in [1.165, 1.54) is 22.8 Å². The molecule has 0 fully saturated rings. The van der Waals surface area contributed by atoms with Crippen LogP contribution in [0.25, 0.3) is 0 Å². The molecule has 0 radical (unpaired) electrons. The first-order valence-corrected chi connectivity index (χ1v) is 10.5. The number of rotatable bonds is 8. The van der Waals surface area contributed by atoms with Crippen LogP contribution in [0.2, 0.25) is 0 Å². The van der Waals surface area contributed by atoms with Crippen LogP contribution in [0, 0.1) is 11.8 Å². The van der Waals surface area contributed by atoms with Crippen molar-refractivity contribution in [2.24, 2.45) is 11.8 Å². The molecule has 0 saturated heterocycles. The Kier molecular flexibility index (Phi) is 5.86. The normalized spacial score (nSPS) is 24.3. The Bertz CT molecular complexity index is 963. The Balaban J connectivity index is 1.36. The number of ketones is 2. The molecule has 3 heteroatoms. The number of hydrogen-bond acceptors (Lipinski definition) is 3. The van der Waals surface area contributed by atoms with E-state index in [0.29, 0.717) is 24.3 Å². The largest absolute Gasteiger partial charge is 0.313 e. The molecule has 4 rings (SSSR count). The molecule has 0 heterocycles. The second-order valence-electron chi connectivity index (χ2n) is 7.95. The third kappa shape index (κ3) is 4.46. The van der Waals surface area contributed by atoms with Crippen molar-refractivity contribution in [1.29, 1.82) is 0 Å². The lowest BCUT2D eigenvalue weighted by Gasteiger charge is -2.19. The highest BCUT2D eigenvalue weighted by molar-refractivity contribution is 6.09. The van der Waals surface area contributed by atoms with E-state index >= 15 is 0 Å². The molecule has 3 nitrogen and oxygen atoms in total. The van der Waals surface area contributed by atoms with E-state index in [0.717, 1.165) is 25.1 Å². The molecule has 0 saturated carbocycles. The summed E-state index contributed by atoms with van der Waals surface area (Å²) in [6.45, 7) is 4.10. The molecule has 4 aliphatic carbocycles. The molecule has 148 valence electrons. The maximum Gasteiger partial charge on any atom is 0.167 e. The molecule has 0 spiro atoms. The summed E-state index contributed by atoms with van der Waals surface area (Å²) in [7, 11) is 0. The van der Waals surface area contributed by atoms with Gasteiger partial charge in [-0.25, -0.2) is 0 Å². The van der Waals surface area contributed by atoms with Crippen LogP contribution in [0.5, 0.6) is 0 Å². The number of fused-ring (bicyclic) bond motifs is 2. The van der Waals surface area contributed by atoms with E-state index in [2.05, 4.69) is 42.6 Å². The minimum Gasteiger partial charge on any atom is -0.313 e. The second-order valence-corrected chi connectivity index (χ2v) is 7.95. The first-order valence-electron chi connectivity index (χ1n) is 10.5. The van der Waals surface area contributed by atoms with Crippen LogP contribution in [0.1, 0.15) is 26.2 Å². The van der Waals surface area contributed by atoms with E-state index < -0.39 is 0 Å². The van der Waals surface area contributed by atoms with E-state index in [4.69, 9.17) is 0 Å². The molecule has 2 unspecified atom stereocenters. The zero-order valence-electron chi connectivity index (χ0n) is 16.9. The molecule has 0 aromatic heterocycles. The van der Waals surface area contributed by atoms with Gasteiger partial charge in [-0.15, -0.1) is 0 Å². The maximum atomic E-state index is 12.7. The molecule has 0 bridgehead atoms. The van der Waals surface area contributed by atoms with Gasteiger partial charge in [-0.05, 0) is 48.3 Å². The zero-order valence-corrected chi connectivity index (χ0v) is 16.9. The molecular weight excluding hydrogens is 358 g/mol. The van der Waals surface area contributed by atoms with Crippen molar-refractivity contribution in [3.63, 3.8) is 0 Å². The predicted molar refractivity (Wildman–Crippen MR) is 117 cm³/mol. The number of carbonyl (C=O) groups excluding carboxylic acids is 2. The zero-order chi connectivity index (χ0) is 20.2. The highest BCUT2D eigenvalue weighted by Gasteiger charge is 2.25. The van der Waals surface area contributed by atoms with Crippen LogP contribution in [0.15, 0.2) is 94.7 Å². The summed E-state index contributed by atoms with van der Waals surface area (Å²) in [6.07, 6.45) is 24.4. The van der Waals surface area contributed by atoms with Crippen molar-refractivity contribution >= 4 is 11.6 Å². The van der Waals surface area contributed by atoms with Crippen LogP contribution in [-0.4, -0.2) is 24.7 Å². The third-order valence-electron chi connectivity index (χ3n) is 5.72. The van der Waals surface area contributed by atoms with E-state index in [9.17, 15) is 9.59 Å². The van der Waals surface area contributed by atoms with Gasteiger partial charge in [-0.3, -0.25) is 9.59 Å². The van der Waals surface area contributed by atoms with Gasteiger partial charge < -0.3 is 5.32 Å². The Hall–Kier alpha value is -2.78. The third-order valence-corrected chi connectivity index (χ3v) is 5.72. The molecule has 0 amide bonds. The minimum absolute atomic E-state index is 0.000782. The summed E-state index contributed by atoms with van der Waals surface area (Å²) >= 11 is 0. The Morgan fingerprint density at radius 2 is 1.86 bits per heavy atom. The van der Waals surface area contributed by atoms with E-state index in [1.54, 1.807) is 0 Å². The van der Waals surface area contributed by atoms with Crippen molar-refractivity contribution in [3.8, 4) is 0 Å². The van der Waals surface area contributed by atoms with Crippen molar-refractivity contribution in [2.45, 2.75) is 26.2 Å². The Morgan fingerprint density at radius 3 is 2.72 bits per heavy atom. The van der Waals surface area contributed by atoms with E-state index in [1.807, 2.05) is 30.4 Å². The summed E-state index contributed by atoms with van der Waals surface area (Å²) in [5.41, 5.74) is 5.26. The topological polar surface area (TPSA) is 46.2 Å². The van der Waals surface area contributed by atoms with Crippen LogP contribution in [-0.2, 0) is 9.59 Å². The number of hydrogen-bond donors (Lipinski definition) is 1. The average molecular weight is 386 g/mol. The quantitative estimate of drug-likeness (QED) is 0.626. The van der Waals surface area contributed by atoms with Crippen LogP contribution in [0.4, 0.5) is 0 Å². The number of carbonyl (C=O) groups is 2. The van der Waals surface area contributed by atoms with Crippen molar-refractivity contribution < 1.29 is 9.59 Å². The van der Waals surface area contributed by atoms with Crippen LogP contribution < -0.4 is 5.32 Å². The number of allylic oxidation sites excluding steroid dienone is 14. The van der Waals surface area contributed by atoms with Gasteiger partial charge >= 0.3 is 0 Å². The molecule has 0 aromatic rings. The summed E-state index contributed by atoms with van der Waals surface area (Å²) < 4.78 is 0. The Morgan fingerprint density at radius 1 is 1.00 bits per heavy atom. The first kappa shape index (κ1) is 19.5. The molecule has 0 aromatic carbocycles. The highest BCUT2D eigenvalue weighted by atomic mass is 16.1. The second kappa shape index (κ2) is 8.71. The maximum absolute atomic E-state index is 12.7. The smallest absolute Gasteiger partial charge is 0.167 e. The summed E-state index contributed by atoms with van der Waals surface area (Å²) in [5, 5.41) is 3.44. The summed E-state index contributed by atoms with van der Waals surface area (Å²) in [5.74, 6) is 0.138. The van der Waals surface area contributed by atoms with Gasteiger partial charge in [0.25, 0.3) is 0 Å². The fourth-order valence-corrected chi connectivity index (χ4v) is 4.14. The lowest BCUT2D eigenvalue weighted by atomic mass is 9.83. The molecule has 1 N–H and O–H groups in total. The monoisotopic (exact) mass is 385 g/mol. The van der Waals surface area contributed by atoms with Gasteiger partial charge in [0.15, 0.2) is 11.6 Å². The van der Waals surface area contributed by atoms with Crippen LogP contribution in [0.3, 0.4) is 0 Å². The van der Waals surface area contributed by atoms with Crippen molar-refractivity contribution in [1.82, 2.24) is 5.32 Å². The lowest BCUT2D eigenvalue weighted by Crippen LogP contribution is -2.19. The fourth-order valence-electron chi connectivity index (χ4n) is 4.14. The average Bonchev–Trinajstić information content (AvgIpc) is 3.14. The van der Waals surface area contributed by atoms with Gasteiger partial charge in [0.2, 0.25) is 0 Å². The standard InChI is InChI=1S/C26H27NO2/c1-2-11-27-17-19-7-9-20-12-18(13-22(20)14-19)8-10-25(28)23-15-21-5-3-4-6-24(21)26(29)16-23/h3-7,9,12-16,22,24,27H,2,8,10-11,17H2,1H3. The Labute approximate surface area is 172 Å². The van der Waals surface area contributed by atoms with Crippen molar-refractivity contribution in [2.75, 3.05) is 13.1 Å². The molecule has 29 heavy (non-hydrogen) atoms. The van der Waals surface area contributed by atoms with Gasteiger partial charge in [0.1, 0.15) is 0 Å². The van der Waals surface area contributed by atoms with Gasteiger partial charge in [0.05, 0.1) is 5.92 Å². The molecule has 0 aliphatic heterocycles. The van der Waals surface area contributed by atoms with Crippen LogP contribution >= 0.6 is 0 Å². The SMILES string of the molecule is CCCNCC1=CC2C=C(CCC(=O)C3=CC(=O)C4C=CC=CC4=C3)C=C2C=C1. The predicted octanol–water partition coefficient (Wildman–Crippen LogP) is 4.49. The number of nitrogens with one attached hydrogen (secondary N) is 1. The van der Waals surface area contributed by atoms with Gasteiger partial charge in [-0.1, -0.05) is 67.2 Å². The summed E-state index contributed by atoms with van der Waals surface area (Å²) in [4.78, 5) is 25.0. The minimum atomic E-state index is -0.221. The summed E-state index contributed by atoms with van der Waals surface area (Å²) in [6, 6.07) is 0. The van der Waals surface area contributed by atoms with E-state index in [-0.39, 0.29) is 17.5 Å². The fraction of sp³-hybridized carbons (Fsp3) is 0.308. The van der Waals surface area contributed by atoms with Crippen molar-refractivity contribution in [3.05, 3.63) is 94.7 Å². The molecule has 4 aliphatic rings. The number of Topliss-reactive ketones (excluding diaryl/α,β-unsaturated/α-hetero) is 1.